The van der Waals surface area contributed by atoms with Crippen molar-refractivity contribution in [2.75, 3.05) is 18.1 Å². The maximum absolute atomic E-state index is 13.0. The van der Waals surface area contributed by atoms with Gasteiger partial charge in [0.05, 0.1) is 12.6 Å². The third-order valence-corrected chi connectivity index (χ3v) is 4.06. The van der Waals surface area contributed by atoms with E-state index >= 15 is 0 Å². The zero-order chi connectivity index (χ0) is 16.2. The highest BCUT2D eigenvalue weighted by atomic mass is 16.5. The van der Waals surface area contributed by atoms with E-state index < -0.39 is 0 Å². The van der Waals surface area contributed by atoms with Gasteiger partial charge in [-0.3, -0.25) is 9.59 Å². The number of Topliss-reactive ketones (excluding diaryl/α,β-unsaturated/α-hetero) is 1. The van der Waals surface area contributed by atoms with E-state index in [-0.39, 0.29) is 17.7 Å². The van der Waals surface area contributed by atoms with Crippen molar-refractivity contribution in [3.63, 3.8) is 0 Å². The molecule has 1 atom stereocenters. The summed E-state index contributed by atoms with van der Waals surface area (Å²) in [5.74, 6) is -0.0742. The topological polar surface area (TPSA) is 46.6 Å². The van der Waals surface area contributed by atoms with Crippen LogP contribution in [0.25, 0.3) is 0 Å². The summed E-state index contributed by atoms with van der Waals surface area (Å²) < 4.78 is 5.46. The number of rotatable bonds is 4. The average Bonchev–Trinajstić information content (AvgIpc) is 3.10. The van der Waals surface area contributed by atoms with Crippen LogP contribution in [0.5, 0.6) is 0 Å². The van der Waals surface area contributed by atoms with Gasteiger partial charge in [0, 0.05) is 23.4 Å². The predicted octanol–water partition coefficient (Wildman–Crippen LogP) is 3.32. The summed E-state index contributed by atoms with van der Waals surface area (Å²) >= 11 is 0. The Morgan fingerprint density at radius 2 is 1.65 bits per heavy atom. The first-order valence-electron chi connectivity index (χ1n) is 7.74. The number of nitrogens with zero attached hydrogens (tertiary/aromatic N) is 1. The number of amides is 1. The monoisotopic (exact) mass is 309 g/mol. The van der Waals surface area contributed by atoms with E-state index in [0.29, 0.717) is 24.3 Å². The van der Waals surface area contributed by atoms with Gasteiger partial charge in [-0.25, -0.2) is 0 Å². The molecule has 4 nitrogen and oxygen atoms in total. The van der Waals surface area contributed by atoms with Gasteiger partial charge in [-0.2, -0.15) is 0 Å². The van der Waals surface area contributed by atoms with Crippen molar-refractivity contribution in [1.29, 1.82) is 0 Å². The van der Waals surface area contributed by atoms with Crippen LogP contribution in [0.15, 0.2) is 54.6 Å². The first kappa shape index (κ1) is 15.4. The highest BCUT2D eigenvalue weighted by molar-refractivity contribution is 6.07. The first-order valence-corrected chi connectivity index (χ1v) is 7.74. The molecule has 23 heavy (non-hydrogen) atoms. The van der Waals surface area contributed by atoms with Crippen molar-refractivity contribution in [2.45, 2.75) is 19.4 Å². The van der Waals surface area contributed by atoms with Crippen LogP contribution in [0, 0.1) is 0 Å². The van der Waals surface area contributed by atoms with E-state index in [1.54, 1.807) is 29.2 Å². The maximum Gasteiger partial charge on any atom is 0.258 e. The summed E-state index contributed by atoms with van der Waals surface area (Å²) in [6.45, 7) is 2.74. The molecule has 0 bridgehead atoms. The third-order valence-electron chi connectivity index (χ3n) is 4.06. The second kappa shape index (κ2) is 6.75. The lowest BCUT2D eigenvalue weighted by Gasteiger charge is -2.28. The Morgan fingerprint density at radius 3 is 2.22 bits per heavy atom. The summed E-state index contributed by atoms with van der Waals surface area (Å²) in [6.07, 6.45) is 0.826. The van der Waals surface area contributed by atoms with Crippen LogP contribution in [-0.4, -0.2) is 30.9 Å². The van der Waals surface area contributed by atoms with E-state index in [0.717, 1.165) is 12.1 Å². The Labute approximate surface area is 135 Å². The Kier molecular flexibility index (Phi) is 4.53. The summed E-state index contributed by atoms with van der Waals surface area (Å²) in [6, 6.07) is 16.5. The molecule has 1 fully saturated rings. The summed E-state index contributed by atoms with van der Waals surface area (Å²) in [5, 5.41) is 0. The molecule has 0 N–H and O–H groups in total. The van der Waals surface area contributed by atoms with Crippen molar-refractivity contribution >= 4 is 17.4 Å². The highest BCUT2D eigenvalue weighted by Gasteiger charge is 2.29. The van der Waals surface area contributed by atoms with E-state index in [1.807, 2.05) is 30.3 Å². The third kappa shape index (κ3) is 3.32. The van der Waals surface area contributed by atoms with Gasteiger partial charge in [0.1, 0.15) is 0 Å². The normalized spacial score (nSPS) is 17.0. The van der Waals surface area contributed by atoms with Gasteiger partial charge in [-0.15, -0.1) is 0 Å². The number of ether oxygens (including phenoxy) is 1. The quantitative estimate of drug-likeness (QED) is 0.814. The number of ketones is 1. The van der Waals surface area contributed by atoms with Crippen LogP contribution in [0.1, 0.15) is 34.1 Å². The molecule has 0 aromatic heterocycles. The average molecular weight is 309 g/mol. The zero-order valence-electron chi connectivity index (χ0n) is 13.1. The van der Waals surface area contributed by atoms with Crippen LogP contribution in [0.3, 0.4) is 0 Å². The fourth-order valence-corrected chi connectivity index (χ4v) is 2.79. The van der Waals surface area contributed by atoms with Gasteiger partial charge in [0.25, 0.3) is 5.91 Å². The first-order chi connectivity index (χ1) is 11.2. The molecule has 1 saturated heterocycles. The molecule has 3 rings (SSSR count). The Morgan fingerprint density at radius 1 is 1.00 bits per heavy atom. The molecule has 1 amide bonds. The van der Waals surface area contributed by atoms with Crippen molar-refractivity contribution in [3.8, 4) is 0 Å². The van der Waals surface area contributed by atoms with E-state index in [2.05, 4.69) is 0 Å². The summed E-state index contributed by atoms with van der Waals surface area (Å²) in [5.41, 5.74) is 2.05. The Bertz CT molecular complexity index is 688. The number of anilines is 1. The molecule has 118 valence electrons. The molecule has 1 aliphatic heterocycles. The molecule has 0 aliphatic carbocycles. The molecule has 0 spiro atoms. The van der Waals surface area contributed by atoms with Gasteiger partial charge in [0.15, 0.2) is 5.78 Å². The van der Waals surface area contributed by atoms with Gasteiger partial charge >= 0.3 is 0 Å². The second-order valence-electron chi connectivity index (χ2n) is 5.66. The fourth-order valence-electron chi connectivity index (χ4n) is 2.79. The molecular formula is C19H19NO3. The smallest absolute Gasteiger partial charge is 0.258 e. The van der Waals surface area contributed by atoms with Gasteiger partial charge in [-0.1, -0.05) is 30.3 Å². The standard InChI is InChI=1S/C19H19NO3/c1-14(21)15-7-9-16(10-8-15)19(22)20(18-11-12-23-13-18)17-5-3-2-4-6-17/h2-10,18H,11-13H2,1H3/t18-/m1/s1. The van der Waals surface area contributed by atoms with E-state index in [4.69, 9.17) is 4.74 Å². The molecule has 2 aromatic rings. The highest BCUT2D eigenvalue weighted by Crippen LogP contribution is 2.24. The molecule has 0 radical (unpaired) electrons. The van der Waals surface area contributed by atoms with E-state index in [9.17, 15) is 9.59 Å². The Balaban J connectivity index is 1.92. The molecule has 2 aromatic carbocycles. The maximum atomic E-state index is 13.0. The fraction of sp³-hybridized carbons (Fsp3) is 0.263. The minimum atomic E-state index is -0.0678. The van der Waals surface area contributed by atoms with E-state index in [1.165, 1.54) is 6.92 Å². The molecule has 4 heteroatoms. The minimum absolute atomic E-state index is 0.00638. The summed E-state index contributed by atoms with van der Waals surface area (Å²) in [7, 11) is 0. The number of para-hydroxylation sites is 1. The van der Waals surface area contributed by atoms with Gasteiger partial charge in [-0.05, 0) is 37.6 Å². The van der Waals surface area contributed by atoms with Crippen LogP contribution >= 0.6 is 0 Å². The Hall–Kier alpha value is -2.46. The predicted molar refractivity (Wildman–Crippen MR) is 88.9 cm³/mol. The van der Waals surface area contributed by atoms with Crippen molar-refractivity contribution in [1.82, 2.24) is 0 Å². The van der Waals surface area contributed by atoms with Gasteiger partial charge < -0.3 is 9.64 Å². The molecule has 0 saturated carbocycles. The van der Waals surface area contributed by atoms with Crippen molar-refractivity contribution < 1.29 is 14.3 Å². The van der Waals surface area contributed by atoms with Gasteiger partial charge in [0.2, 0.25) is 0 Å². The van der Waals surface area contributed by atoms with Crippen LogP contribution < -0.4 is 4.90 Å². The molecular weight excluding hydrogens is 290 g/mol. The number of carbonyl (C=O) groups is 2. The number of benzene rings is 2. The van der Waals surface area contributed by atoms with Crippen molar-refractivity contribution in [2.24, 2.45) is 0 Å². The lowest BCUT2D eigenvalue weighted by molar-refractivity contribution is 0.0968. The lowest BCUT2D eigenvalue weighted by Crippen LogP contribution is -2.41. The van der Waals surface area contributed by atoms with Crippen LogP contribution in [-0.2, 0) is 4.74 Å². The lowest BCUT2D eigenvalue weighted by atomic mass is 10.1. The molecule has 1 heterocycles. The summed E-state index contributed by atoms with van der Waals surface area (Å²) in [4.78, 5) is 26.2. The largest absolute Gasteiger partial charge is 0.379 e. The SMILES string of the molecule is CC(=O)c1ccc(C(=O)N(c2ccccc2)[C@@H]2CCOC2)cc1. The second-order valence-corrected chi connectivity index (χ2v) is 5.66. The molecule has 1 aliphatic rings. The van der Waals surface area contributed by atoms with Crippen LogP contribution in [0.2, 0.25) is 0 Å². The molecule has 0 unspecified atom stereocenters. The number of carbonyl (C=O) groups excluding carboxylic acids is 2. The number of hydrogen-bond acceptors (Lipinski definition) is 3. The number of hydrogen-bond donors (Lipinski definition) is 0. The zero-order valence-corrected chi connectivity index (χ0v) is 13.1. The minimum Gasteiger partial charge on any atom is -0.379 e. The van der Waals surface area contributed by atoms with Crippen molar-refractivity contribution in [3.05, 3.63) is 65.7 Å². The van der Waals surface area contributed by atoms with Crippen LogP contribution in [0.4, 0.5) is 5.69 Å².